The molecule has 6 heteroatoms. The molecule has 1 aromatic heterocycles. The van der Waals surface area contributed by atoms with E-state index >= 15 is 0 Å². The molecule has 0 atom stereocenters. The zero-order chi connectivity index (χ0) is 20.2. The number of nitrogens with one attached hydrogen (secondary N) is 1. The van der Waals surface area contributed by atoms with Crippen LogP contribution in [0.4, 0.5) is 11.4 Å². The van der Waals surface area contributed by atoms with Crippen LogP contribution >= 0.6 is 0 Å². The van der Waals surface area contributed by atoms with Crippen molar-refractivity contribution in [1.82, 2.24) is 9.55 Å². The zero-order valence-electron chi connectivity index (χ0n) is 16.5. The maximum Gasteiger partial charge on any atom is 0.294 e. The van der Waals surface area contributed by atoms with Crippen LogP contribution in [0.15, 0.2) is 60.7 Å². The molecule has 0 bridgehead atoms. The summed E-state index contributed by atoms with van der Waals surface area (Å²) in [4.78, 5) is 32.5. The predicted molar refractivity (Wildman–Crippen MR) is 113 cm³/mol. The Balaban J connectivity index is 1.69. The molecule has 3 aromatic rings. The summed E-state index contributed by atoms with van der Waals surface area (Å²) >= 11 is 0. The molecule has 148 valence electrons. The lowest BCUT2D eigenvalue weighted by atomic mass is 10.1. The molecule has 2 aromatic carbocycles. The fourth-order valence-corrected chi connectivity index (χ4v) is 3.77. The number of para-hydroxylation sites is 2. The molecule has 0 fully saturated rings. The number of benzene rings is 2. The zero-order valence-corrected chi connectivity index (χ0v) is 16.5. The fourth-order valence-electron chi connectivity index (χ4n) is 3.77. The summed E-state index contributed by atoms with van der Waals surface area (Å²) in [6, 6.07) is 18.9. The molecular weight excluding hydrogens is 364 g/mol. The molecule has 0 unspecified atom stereocenters. The first-order chi connectivity index (χ1) is 14.2. The Morgan fingerprint density at radius 3 is 2.41 bits per heavy atom. The van der Waals surface area contributed by atoms with Crippen molar-refractivity contribution in [3.63, 3.8) is 0 Å². The molecule has 6 nitrogen and oxygen atoms in total. The number of nitrogens with zero attached hydrogens (tertiary/aromatic N) is 3. The van der Waals surface area contributed by atoms with E-state index in [2.05, 4.69) is 10.3 Å². The van der Waals surface area contributed by atoms with E-state index in [-0.39, 0.29) is 11.8 Å². The quantitative estimate of drug-likeness (QED) is 0.714. The smallest absolute Gasteiger partial charge is 0.294 e. The van der Waals surface area contributed by atoms with Gasteiger partial charge in [0.25, 0.3) is 11.8 Å². The van der Waals surface area contributed by atoms with E-state index in [4.69, 9.17) is 0 Å². The second-order valence-corrected chi connectivity index (χ2v) is 7.04. The highest BCUT2D eigenvalue weighted by molar-refractivity contribution is 6.07. The lowest BCUT2D eigenvalue weighted by molar-refractivity contribution is 0.0973. The maximum absolute atomic E-state index is 13.4. The number of hydrogen-bond donors (Lipinski definition) is 1. The summed E-state index contributed by atoms with van der Waals surface area (Å²) in [5.41, 5.74) is 2.73. The van der Waals surface area contributed by atoms with Gasteiger partial charge in [-0.05, 0) is 50.5 Å². The van der Waals surface area contributed by atoms with Crippen LogP contribution in [0.25, 0.3) is 0 Å². The van der Waals surface area contributed by atoms with E-state index in [1.165, 1.54) is 0 Å². The molecule has 4 rings (SSSR count). The first-order valence-corrected chi connectivity index (χ1v) is 10.0. The minimum atomic E-state index is -0.274. The molecule has 0 aliphatic carbocycles. The molecule has 0 saturated carbocycles. The third kappa shape index (κ3) is 3.78. The largest absolute Gasteiger partial charge is 0.323 e. The first-order valence-electron chi connectivity index (χ1n) is 10.0. The lowest BCUT2D eigenvalue weighted by Gasteiger charge is -2.22. The number of carbonyl (C=O) groups excluding carboxylic acids is 2. The minimum absolute atomic E-state index is 0.180. The van der Waals surface area contributed by atoms with Gasteiger partial charge < -0.3 is 14.8 Å². The van der Waals surface area contributed by atoms with Crippen LogP contribution in [0, 0.1) is 0 Å². The summed E-state index contributed by atoms with van der Waals surface area (Å²) in [7, 11) is 0. The number of anilines is 2. The van der Waals surface area contributed by atoms with E-state index < -0.39 is 0 Å². The van der Waals surface area contributed by atoms with Crippen LogP contribution in [0.1, 0.15) is 46.6 Å². The number of imidazole rings is 1. The summed E-state index contributed by atoms with van der Waals surface area (Å²) in [5, 5.41) is 2.90. The van der Waals surface area contributed by atoms with Crippen molar-refractivity contribution in [1.29, 1.82) is 0 Å². The summed E-state index contributed by atoms with van der Waals surface area (Å²) in [5.74, 6) is -0.118. The molecule has 0 saturated heterocycles. The fraction of sp³-hybridized carbons (Fsp3) is 0.261. The molecule has 2 heterocycles. The Hall–Kier alpha value is -3.41. The van der Waals surface area contributed by atoms with Crippen molar-refractivity contribution in [3.05, 3.63) is 77.9 Å². The number of aromatic nitrogens is 2. The van der Waals surface area contributed by atoms with Gasteiger partial charge >= 0.3 is 0 Å². The molecule has 2 amide bonds. The van der Waals surface area contributed by atoms with Gasteiger partial charge in [0, 0.05) is 24.5 Å². The number of fused-ring (bicyclic) bond motifs is 1. The maximum atomic E-state index is 13.4. The van der Waals surface area contributed by atoms with Crippen molar-refractivity contribution < 1.29 is 9.59 Å². The number of carbonyl (C=O) groups is 2. The van der Waals surface area contributed by atoms with Gasteiger partial charge in [0.1, 0.15) is 0 Å². The van der Waals surface area contributed by atoms with Crippen molar-refractivity contribution in [2.45, 2.75) is 32.7 Å². The van der Waals surface area contributed by atoms with E-state index in [1.54, 1.807) is 4.90 Å². The van der Waals surface area contributed by atoms with Gasteiger partial charge in [0.15, 0.2) is 5.69 Å². The summed E-state index contributed by atoms with van der Waals surface area (Å²) in [6.45, 7) is 3.17. The van der Waals surface area contributed by atoms with Crippen molar-refractivity contribution >= 4 is 23.2 Å². The Morgan fingerprint density at radius 2 is 1.72 bits per heavy atom. The monoisotopic (exact) mass is 388 g/mol. The number of hydrogen-bond acceptors (Lipinski definition) is 3. The van der Waals surface area contributed by atoms with Gasteiger partial charge in [-0.15, -0.1) is 0 Å². The van der Waals surface area contributed by atoms with Gasteiger partial charge in [0.2, 0.25) is 5.82 Å². The highest BCUT2D eigenvalue weighted by Gasteiger charge is 2.30. The number of amides is 2. The third-order valence-electron chi connectivity index (χ3n) is 5.19. The summed E-state index contributed by atoms with van der Waals surface area (Å²) in [6.07, 6.45) is 2.71. The third-order valence-corrected chi connectivity index (χ3v) is 5.19. The average molecular weight is 388 g/mol. The normalized spacial score (nSPS) is 12.9. The molecule has 1 aliphatic rings. The van der Waals surface area contributed by atoms with Crippen LogP contribution < -0.4 is 10.2 Å². The van der Waals surface area contributed by atoms with Crippen LogP contribution in [-0.4, -0.2) is 27.9 Å². The lowest BCUT2D eigenvalue weighted by Crippen LogP contribution is -2.33. The van der Waals surface area contributed by atoms with Crippen molar-refractivity contribution in [2.24, 2.45) is 0 Å². The van der Waals surface area contributed by atoms with Crippen molar-refractivity contribution in [2.75, 3.05) is 16.8 Å². The topological polar surface area (TPSA) is 67.2 Å². The standard InChI is InChI=1S/C23H24N4O2/c1-2-26(18-13-7-4-8-14-18)23(29)21-25-20(19-15-9-10-16-27(19)21)22(28)24-17-11-5-3-6-12-17/h3-8,11-14H,2,9-10,15-16H2,1H3,(H,24,28). The number of rotatable bonds is 5. The van der Waals surface area contributed by atoms with E-state index in [9.17, 15) is 9.59 Å². The van der Waals surface area contributed by atoms with Crippen LogP contribution in [-0.2, 0) is 13.0 Å². The first kappa shape index (κ1) is 18.9. The molecule has 0 spiro atoms. The van der Waals surface area contributed by atoms with Crippen LogP contribution in [0.2, 0.25) is 0 Å². The summed E-state index contributed by atoms with van der Waals surface area (Å²) < 4.78 is 1.93. The van der Waals surface area contributed by atoms with Gasteiger partial charge in [-0.25, -0.2) is 4.98 Å². The molecule has 29 heavy (non-hydrogen) atoms. The predicted octanol–water partition coefficient (Wildman–Crippen LogP) is 4.14. The Labute approximate surface area is 170 Å². The van der Waals surface area contributed by atoms with Crippen LogP contribution in [0.3, 0.4) is 0 Å². The molecule has 1 N–H and O–H groups in total. The van der Waals surface area contributed by atoms with Crippen LogP contribution in [0.5, 0.6) is 0 Å². The Kier molecular flexibility index (Phi) is 5.42. The minimum Gasteiger partial charge on any atom is -0.323 e. The highest BCUT2D eigenvalue weighted by Crippen LogP contribution is 2.24. The second-order valence-electron chi connectivity index (χ2n) is 7.04. The SMILES string of the molecule is CCN(C(=O)c1nc(C(=O)Nc2ccccc2)c2n1CCCC2)c1ccccc1. The average Bonchev–Trinajstić information content (AvgIpc) is 3.16. The van der Waals surface area contributed by atoms with Crippen molar-refractivity contribution in [3.8, 4) is 0 Å². The Bertz CT molecular complexity index is 1010. The van der Waals surface area contributed by atoms with Gasteiger partial charge in [0.05, 0.1) is 5.69 Å². The van der Waals surface area contributed by atoms with Gasteiger partial charge in [-0.1, -0.05) is 36.4 Å². The Morgan fingerprint density at radius 1 is 1.03 bits per heavy atom. The second kappa shape index (κ2) is 8.31. The van der Waals surface area contributed by atoms with E-state index in [0.29, 0.717) is 30.3 Å². The highest BCUT2D eigenvalue weighted by atomic mass is 16.2. The van der Waals surface area contributed by atoms with E-state index in [0.717, 1.165) is 30.6 Å². The van der Waals surface area contributed by atoms with E-state index in [1.807, 2.05) is 72.2 Å². The molecule has 1 aliphatic heterocycles. The van der Waals surface area contributed by atoms with Gasteiger partial charge in [-0.3, -0.25) is 9.59 Å². The van der Waals surface area contributed by atoms with Gasteiger partial charge in [-0.2, -0.15) is 0 Å². The molecule has 0 radical (unpaired) electrons. The molecular formula is C23H24N4O2.